The number of urea groups is 1. The molecule has 0 bridgehead atoms. The number of carbonyl (C=O) groups excluding carboxylic acids is 1. The number of amides is 2. The Morgan fingerprint density at radius 1 is 0.883 bits per heavy atom. The predicted octanol–water partition coefficient (Wildman–Crippen LogP) is 5.53. The number of rotatable bonds is 20. The van der Waals surface area contributed by atoms with Crippen molar-refractivity contribution >= 4 is 51.5 Å². The molecule has 15 nitrogen and oxygen atoms in total. The zero-order valence-corrected chi connectivity index (χ0v) is 36.0. The lowest BCUT2D eigenvalue weighted by molar-refractivity contribution is -0.157. The summed E-state index contributed by atoms with van der Waals surface area (Å²) in [5.74, 6) is -0.250. The van der Waals surface area contributed by atoms with Crippen molar-refractivity contribution in [2.75, 3.05) is 50.4 Å². The van der Waals surface area contributed by atoms with Gasteiger partial charge in [0.1, 0.15) is 24.4 Å². The Labute approximate surface area is 353 Å². The fourth-order valence-corrected chi connectivity index (χ4v) is 10.0. The number of benzene rings is 3. The highest BCUT2D eigenvalue weighted by Crippen LogP contribution is 2.48. The number of fused-ring (bicyclic) bond motifs is 2. The topological polar surface area (TPSA) is 153 Å². The lowest BCUT2D eigenvalue weighted by Gasteiger charge is -2.37. The van der Waals surface area contributed by atoms with Gasteiger partial charge >= 0.3 is 34.8 Å². The first-order valence-electron chi connectivity index (χ1n) is 21.1. The van der Waals surface area contributed by atoms with Crippen molar-refractivity contribution in [1.82, 2.24) is 19.5 Å². The zero-order valence-electron chi connectivity index (χ0n) is 35.1. The van der Waals surface area contributed by atoms with Gasteiger partial charge in [0.25, 0.3) is 0 Å². The molecule has 0 aliphatic carbocycles. The highest BCUT2D eigenvalue weighted by atomic mass is 31.2. The largest absolute Gasteiger partial charge is 0.431 e. The summed E-state index contributed by atoms with van der Waals surface area (Å²) in [6.45, 7) is 11.5. The van der Waals surface area contributed by atoms with E-state index in [1.54, 1.807) is 25.3 Å². The van der Waals surface area contributed by atoms with E-state index in [-0.39, 0.29) is 52.8 Å². The first kappa shape index (κ1) is 43.0. The van der Waals surface area contributed by atoms with Crippen LogP contribution in [0.1, 0.15) is 50.8 Å². The summed E-state index contributed by atoms with van der Waals surface area (Å²) < 4.78 is 58.8. The van der Waals surface area contributed by atoms with Gasteiger partial charge in [-0.3, -0.25) is 9.16 Å². The maximum atomic E-state index is 15.6. The third kappa shape index (κ3) is 9.67. The van der Waals surface area contributed by atoms with E-state index in [0.29, 0.717) is 44.6 Å². The van der Waals surface area contributed by atoms with Crippen molar-refractivity contribution in [3.05, 3.63) is 95.6 Å². The molecule has 4 atom stereocenters. The van der Waals surface area contributed by atoms with Crippen LogP contribution in [-0.4, -0.2) is 128 Å². The van der Waals surface area contributed by atoms with E-state index in [2.05, 4.69) is 30.3 Å². The van der Waals surface area contributed by atoms with Gasteiger partial charge in [-0.2, -0.15) is 5.10 Å². The maximum Gasteiger partial charge on any atom is 0.431 e. The van der Waals surface area contributed by atoms with E-state index in [4.69, 9.17) is 37.7 Å². The number of aromatic nitrogens is 2. The van der Waals surface area contributed by atoms with Crippen LogP contribution < -0.4 is 4.72 Å². The Hall–Kier alpha value is -3.70. The summed E-state index contributed by atoms with van der Waals surface area (Å²) in [7, 11) is -4.60. The molecule has 4 fully saturated rings. The summed E-state index contributed by atoms with van der Waals surface area (Å²) in [5, 5.41) is 16.5. The molecule has 60 heavy (non-hydrogen) atoms. The predicted molar refractivity (Wildman–Crippen MR) is 230 cm³/mol. The number of hydrogen-bond donors (Lipinski definition) is 1. The van der Waals surface area contributed by atoms with E-state index in [1.807, 2.05) is 76.9 Å². The van der Waals surface area contributed by atoms with Gasteiger partial charge in [0.2, 0.25) is 0 Å². The molecule has 0 unspecified atom stereocenters. The minimum Gasteiger partial charge on any atom is -0.431 e. The van der Waals surface area contributed by atoms with Crippen LogP contribution in [0, 0.1) is 0 Å². The van der Waals surface area contributed by atoms with Crippen LogP contribution in [-0.2, 0) is 56.5 Å². The molecular weight excluding hydrogens is 786 g/mol. The fraction of sp³-hybridized carbons (Fsp3) is 0.512. The van der Waals surface area contributed by atoms with Gasteiger partial charge in [0.15, 0.2) is 5.79 Å². The Bertz CT molecular complexity index is 2110. The highest BCUT2D eigenvalue weighted by molar-refractivity contribution is 7.53. The summed E-state index contributed by atoms with van der Waals surface area (Å²) in [6.07, 6.45) is 0.415. The summed E-state index contributed by atoms with van der Waals surface area (Å²) in [4.78, 5) is 19.5. The van der Waals surface area contributed by atoms with Crippen molar-refractivity contribution in [3.8, 4) is 0 Å². The molecule has 318 valence electrons. The Morgan fingerprint density at radius 3 is 1.98 bits per heavy atom. The molecule has 4 aromatic rings. The number of anilines is 1. The van der Waals surface area contributed by atoms with Gasteiger partial charge in [0.05, 0.1) is 43.8 Å². The highest BCUT2D eigenvalue weighted by Gasteiger charge is 2.56. The molecule has 5 heterocycles. The summed E-state index contributed by atoms with van der Waals surface area (Å²) in [5.41, 5.74) is 3.79. The molecule has 1 N–H and O–H groups in total. The average molecular weight is 841 g/mol. The first-order chi connectivity index (χ1) is 29.0. The van der Waals surface area contributed by atoms with Crippen LogP contribution in [0.25, 0.3) is 10.9 Å². The van der Waals surface area contributed by atoms with Gasteiger partial charge in [-0.05, 0) is 82.6 Å². The second-order valence-electron chi connectivity index (χ2n) is 16.3. The van der Waals surface area contributed by atoms with E-state index in [9.17, 15) is 9.59 Å². The maximum absolute atomic E-state index is 15.6. The average Bonchev–Trinajstić information content (AvgIpc) is 4.17. The van der Waals surface area contributed by atoms with Gasteiger partial charge in [-0.1, -0.05) is 66.7 Å². The van der Waals surface area contributed by atoms with E-state index in [1.165, 1.54) is 0 Å². The minimum atomic E-state index is -3.41. The molecule has 0 spiro atoms. The Morgan fingerprint density at radius 2 is 1.45 bits per heavy atom. The molecule has 4 saturated heterocycles. The van der Waals surface area contributed by atoms with Gasteiger partial charge in [-0.15, -0.1) is 0 Å². The van der Waals surface area contributed by atoms with Crippen LogP contribution in [0.2, 0.25) is 6.82 Å². The molecule has 2 amide bonds. The zero-order chi connectivity index (χ0) is 42.0. The third-order valence-electron chi connectivity index (χ3n) is 11.3. The summed E-state index contributed by atoms with van der Waals surface area (Å²) >= 11 is 0. The second kappa shape index (κ2) is 18.3. The molecule has 4 aliphatic rings. The van der Waals surface area contributed by atoms with Crippen LogP contribution in [0.3, 0.4) is 0 Å². The number of nitrogens with zero attached hydrogens (tertiary/aromatic N) is 5. The van der Waals surface area contributed by atoms with Crippen LogP contribution in [0.5, 0.6) is 0 Å². The standard InChI is InChI=1S/C41H55B3N5O10P/c1-6-56-60(52,57-7-2)29-53-22-14-21-46-35(24-30-15-10-8-11-16-30)37-38(59-41(3,4)58-37)36(25-31-17-12-9-13-18-31)47(40(46)50)26-32-19-20-34-33(23-32)39(45-49(34)42(5)51)48(43-27-54-43)44-28-55-44/h8-13,15-20,23,35-38,51H,6-7,14,21-22,24-29H2,1-5H3/t35-,36-,37+,38+/m1/s1. The minimum absolute atomic E-state index is 0.148. The summed E-state index contributed by atoms with van der Waals surface area (Å²) in [6, 6.07) is 25.4. The number of carbonyl (C=O) groups is 1. The molecule has 0 saturated carbocycles. The van der Waals surface area contributed by atoms with Gasteiger partial charge in [-0.25, -0.2) is 4.79 Å². The van der Waals surface area contributed by atoms with Gasteiger partial charge in [0, 0.05) is 25.1 Å². The van der Waals surface area contributed by atoms with Crippen LogP contribution >= 0.6 is 7.60 Å². The first-order valence-corrected chi connectivity index (χ1v) is 22.9. The van der Waals surface area contributed by atoms with Crippen molar-refractivity contribution in [2.45, 2.75) is 90.4 Å². The number of ether oxygens (including phenoxy) is 3. The van der Waals surface area contributed by atoms with Crippen molar-refractivity contribution in [3.63, 3.8) is 0 Å². The van der Waals surface area contributed by atoms with E-state index < -0.39 is 44.7 Å². The monoisotopic (exact) mass is 841 g/mol. The van der Waals surface area contributed by atoms with Crippen molar-refractivity contribution in [1.29, 1.82) is 0 Å². The molecule has 3 aromatic carbocycles. The Balaban J connectivity index is 1.17. The van der Waals surface area contributed by atoms with Crippen molar-refractivity contribution < 1.29 is 47.0 Å². The molecule has 1 aromatic heterocycles. The normalized spacial score (nSPS) is 22.3. The molecule has 0 radical (unpaired) electrons. The molecule has 8 rings (SSSR count). The lowest BCUT2D eigenvalue weighted by Crippen LogP contribution is -2.52. The smallest absolute Gasteiger partial charge is 0.431 e. The van der Waals surface area contributed by atoms with Gasteiger partial charge < -0.3 is 52.1 Å². The molecular formula is C41H55B3N5O10P. The molecule has 4 aliphatic heterocycles. The van der Waals surface area contributed by atoms with E-state index in [0.717, 1.165) is 27.6 Å². The fourth-order valence-electron chi connectivity index (χ4n) is 8.65. The Kier molecular flexibility index (Phi) is 13.1. The van der Waals surface area contributed by atoms with Crippen molar-refractivity contribution in [2.24, 2.45) is 0 Å². The number of hydrogen-bond acceptors (Lipinski definition) is 12. The molecule has 19 heteroatoms. The van der Waals surface area contributed by atoms with E-state index >= 15 is 4.79 Å². The quantitative estimate of drug-likeness (QED) is 0.0516. The lowest BCUT2D eigenvalue weighted by atomic mass is 9.76. The SMILES string of the molecule is CCOP(=O)(COCCCN1C(=O)N(Cc2ccc3c(c2)c(N(B2CO2)B2CO2)nn3B(C)O)[C@H](Cc2ccccc2)[C@@H]2OC(C)(C)O[C@H]2[C@H]1Cc1ccccc1)OCC. The van der Waals surface area contributed by atoms with Crippen LogP contribution in [0.4, 0.5) is 10.6 Å². The second-order valence-corrected chi connectivity index (χ2v) is 18.3. The van der Waals surface area contributed by atoms with Crippen LogP contribution in [0.15, 0.2) is 78.9 Å². The third-order valence-corrected chi connectivity index (χ3v) is 13.1.